The molecule has 1 atom stereocenters. The molecule has 3 nitrogen and oxygen atoms in total. The summed E-state index contributed by atoms with van der Waals surface area (Å²) in [5.74, 6) is 0.770. The molecule has 3 aromatic rings. The first-order valence-corrected chi connectivity index (χ1v) is 6.55. The van der Waals surface area contributed by atoms with Gasteiger partial charge in [-0.25, -0.2) is 4.98 Å². The van der Waals surface area contributed by atoms with Gasteiger partial charge >= 0.3 is 0 Å². The summed E-state index contributed by atoms with van der Waals surface area (Å²) in [5, 5.41) is 0.645. The molecule has 0 spiro atoms. The van der Waals surface area contributed by atoms with Gasteiger partial charge in [0.2, 0.25) is 0 Å². The van der Waals surface area contributed by atoms with Crippen LogP contribution in [0.2, 0.25) is 5.02 Å². The number of aromatic amines is 1. The van der Waals surface area contributed by atoms with Crippen LogP contribution in [0.3, 0.4) is 0 Å². The molecule has 2 aromatic carbocycles. The Balaban J connectivity index is 1.89. The minimum Gasteiger partial charge on any atom is -0.341 e. The second-order valence-electron chi connectivity index (χ2n) is 4.55. The molecule has 0 bridgehead atoms. The zero-order valence-corrected chi connectivity index (χ0v) is 11.1. The van der Waals surface area contributed by atoms with E-state index in [4.69, 9.17) is 17.3 Å². The number of nitrogens with zero attached hydrogens (tertiary/aromatic N) is 1. The fraction of sp³-hybridized carbons (Fsp3) is 0.133. The van der Waals surface area contributed by atoms with E-state index in [1.165, 1.54) is 5.56 Å². The van der Waals surface area contributed by atoms with Crippen molar-refractivity contribution in [2.24, 2.45) is 5.73 Å². The lowest BCUT2D eigenvalue weighted by atomic mass is 10.1. The Morgan fingerprint density at radius 2 is 1.89 bits per heavy atom. The Morgan fingerprint density at radius 3 is 2.63 bits per heavy atom. The van der Waals surface area contributed by atoms with E-state index in [2.05, 4.69) is 22.1 Å². The highest BCUT2D eigenvalue weighted by atomic mass is 35.5. The molecule has 4 heteroatoms. The number of H-pyrrole nitrogens is 1. The van der Waals surface area contributed by atoms with Gasteiger partial charge in [0.25, 0.3) is 0 Å². The predicted molar refractivity (Wildman–Crippen MR) is 78.2 cm³/mol. The molecular formula is C15H14ClN3. The number of hydrogen-bond donors (Lipinski definition) is 2. The van der Waals surface area contributed by atoms with Crippen LogP contribution in [-0.4, -0.2) is 9.97 Å². The van der Waals surface area contributed by atoms with Gasteiger partial charge in [0, 0.05) is 0 Å². The molecule has 1 heterocycles. The molecule has 0 fully saturated rings. The van der Waals surface area contributed by atoms with Crippen LogP contribution < -0.4 is 5.73 Å². The molecule has 0 aliphatic rings. The smallest absolute Gasteiger partial charge is 0.124 e. The summed E-state index contributed by atoms with van der Waals surface area (Å²) in [5.41, 5.74) is 9.10. The fourth-order valence-electron chi connectivity index (χ4n) is 2.16. The van der Waals surface area contributed by atoms with Gasteiger partial charge < -0.3 is 10.7 Å². The molecular weight excluding hydrogens is 258 g/mol. The third-order valence-corrected chi connectivity index (χ3v) is 3.44. The monoisotopic (exact) mass is 271 g/mol. The number of nitrogens with two attached hydrogens (primary N) is 1. The molecule has 0 saturated carbocycles. The van der Waals surface area contributed by atoms with Crippen LogP contribution in [0.1, 0.15) is 17.4 Å². The van der Waals surface area contributed by atoms with Gasteiger partial charge in [0.15, 0.2) is 0 Å². The Hall–Kier alpha value is -1.84. The van der Waals surface area contributed by atoms with Crippen molar-refractivity contribution >= 4 is 22.6 Å². The van der Waals surface area contributed by atoms with E-state index in [0.717, 1.165) is 23.3 Å². The average Bonchev–Trinajstić information content (AvgIpc) is 2.85. The molecule has 0 amide bonds. The molecule has 1 aromatic heterocycles. The first-order valence-electron chi connectivity index (χ1n) is 6.17. The van der Waals surface area contributed by atoms with Crippen molar-refractivity contribution in [1.29, 1.82) is 0 Å². The summed E-state index contributed by atoms with van der Waals surface area (Å²) >= 11 is 6.11. The van der Waals surface area contributed by atoms with Gasteiger partial charge in [-0.3, -0.25) is 0 Å². The van der Waals surface area contributed by atoms with Gasteiger partial charge in [0.1, 0.15) is 11.3 Å². The number of imidazole rings is 1. The normalized spacial score (nSPS) is 12.7. The number of fused-ring (bicyclic) bond motifs is 1. The number of benzene rings is 2. The van der Waals surface area contributed by atoms with Crippen molar-refractivity contribution in [3.05, 3.63) is 64.9 Å². The van der Waals surface area contributed by atoms with Gasteiger partial charge in [-0.05, 0) is 24.1 Å². The molecule has 0 radical (unpaired) electrons. The van der Waals surface area contributed by atoms with Crippen molar-refractivity contribution in [3.63, 3.8) is 0 Å². The minimum absolute atomic E-state index is 0.161. The standard InChI is InChI=1S/C15H14ClN3/c16-11-7-4-8-13-14(11)19-15(18-13)12(17)9-10-5-2-1-3-6-10/h1-8,12H,9,17H2,(H,18,19). The quantitative estimate of drug-likeness (QED) is 0.766. The lowest BCUT2D eigenvalue weighted by molar-refractivity contribution is 0.680. The molecule has 19 heavy (non-hydrogen) atoms. The second kappa shape index (κ2) is 5.03. The van der Waals surface area contributed by atoms with Crippen LogP contribution in [0.15, 0.2) is 48.5 Å². The lowest BCUT2D eigenvalue weighted by Crippen LogP contribution is -2.14. The second-order valence-corrected chi connectivity index (χ2v) is 4.96. The van der Waals surface area contributed by atoms with Crippen LogP contribution in [0.4, 0.5) is 0 Å². The van der Waals surface area contributed by atoms with E-state index >= 15 is 0 Å². The first-order chi connectivity index (χ1) is 9.24. The number of rotatable bonds is 3. The van der Waals surface area contributed by atoms with Crippen molar-refractivity contribution in [1.82, 2.24) is 9.97 Å². The fourth-order valence-corrected chi connectivity index (χ4v) is 2.37. The maximum absolute atomic E-state index is 6.20. The SMILES string of the molecule is NC(Cc1ccccc1)c1nc2c(Cl)cccc2[nH]1. The zero-order valence-electron chi connectivity index (χ0n) is 10.3. The van der Waals surface area contributed by atoms with Crippen LogP contribution in [-0.2, 0) is 6.42 Å². The largest absolute Gasteiger partial charge is 0.341 e. The van der Waals surface area contributed by atoms with E-state index in [1.54, 1.807) is 0 Å². The van der Waals surface area contributed by atoms with Gasteiger partial charge in [0.05, 0.1) is 16.6 Å². The van der Waals surface area contributed by atoms with Crippen molar-refractivity contribution < 1.29 is 0 Å². The molecule has 3 rings (SSSR count). The zero-order chi connectivity index (χ0) is 13.2. The summed E-state index contributed by atoms with van der Waals surface area (Å²) in [7, 11) is 0. The maximum atomic E-state index is 6.20. The van der Waals surface area contributed by atoms with E-state index in [-0.39, 0.29) is 6.04 Å². The predicted octanol–water partition coefficient (Wildman–Crippen LogP) is 3.46. The summed E-state index contributed by atoms with van der Waals surface area (Å²) in [6, 6.07) is 15.7. The summed E-state index contributed by atoms with van der Waals surface area (Å²) in [4.78, 5) is 7.73. The van der Waals surface area contributed by atoms with Crippen LogP contribution in [0, 0.1) is 0 Å². The van der Waals surface area contributed by atoms with Crippen LogP contribution >= 0.6 is 11.6 Å². The van der Waals surface area contributed by atoms with E-state index in [1.807, 2.05) is 36.4 Å². The summed E-state index contributed by atoms with van der Waals surface area (Å²) < 4.78 is 0. The van der Waals surface area contributed by atoms with E-state index in [9.17, 15) is 0 Å². The third kappa shape index (κ3) is 2.48. The molecule has 0 saturated heterocycles. The Kier molecular flexibility index (Phi) is 3.23. The lowest BCUT2D eigenvalue weighted by Gasteiger charge is -2.08. The molecule has 0 aliphatic heterocycles. The van der Waals surface area contributed by atoms with Crippen LogP contribution in [0.25, 0.3) is 11.0 Å². The van der Waals surface area contributed by atoms with E-state index < -0.39 is 0 Å². The Labute approximate surface area is 116 Å². The van der Waals surface area contributed by atoms with Crippen molar-refractivity contribution in [2.45, 2.75) is 12.5 Å². The first kappa shape index (κ1) is 12.2. The van der Waals surface area contributed by atoms with E-state index in [0.29, 0.717) is 5.02 Å². The van der Waals surface area contributed by atoms with Crippen molar-refractivity contribution in [3.8, 4) is 0 Å². The Morgan fingerprint density at radius 1 is 1.11 bits per heavy atom. The molecule has 1 unspecified atom stereocenters. The van der Waals surface area contributed by atoms with Gasteiger partial charge in [-0.2, -0.15) is 0 Å². The highest BCUT2D eigenvalue weighted by Crippen LogP contribution is 2.23. The molecule has 96 valence electrons. The molecule has 3 N–H and O–H groups in total. The minimum atomic E-state index is -0.161. The molecule has 0 aliphatic carbocycles. The number of para-hydroxylation sites is 1. The number of aromatic nitrogens is 2. The topological polar surface area (TPSA) is 54.7 Å². The maximum Gasteiger partial charge on any atom is 0.124 e. The third-order valence-electron chi connectivity index (χ3n) is 3.13. The summed E-state index contributed by atoms with van der Waals surface area (Å²) in [6.45, 7) is 0. The van der Waals surface area contributed by atoms with Crippen LogP contribution in [0.5, 0.6) is 0 Å². The number of nitrogens with one attached hydrogen (secondary N) is 1. The average molecular weight is 272 g/mol. The van der Waals surface area contributed by atoms with Gasteiger partial charge in [-0.15, -0.1) is 0 Å². The highest BCUT2D eigenvalue weighted by Gasteiger charge is 2.13. The summed E-state index contributed by atoms with van der Waals surface area (Å²) in [6.07, 6.45) is 0.748. The van der Waals surface area contributed by atoms with Gasteiger partial charge in [-0.1, -0.05) is 48.0 Å². The van der Waals surface area contributed by atoms with Crippen molar-refractivity contribution in [2.75, 3.05) is 0 Å². The highest BCUT2D eigenvalue weighted by molar-refractivity contribution is 6.34. The number of halogens is 1. The Bertz CT molecular complexity index is 691. The number of hydrogen-bond acceptors (Lipinski definition) is 2.